The molecule has 9 heteroatoms. The lowest BCUT2D eigenvalue weighted by Gasteiger charge is -2.26. The number of halogens is 1. The van der Waals surface area contributed by atoms with Crippen LogP contribution in [-0.4, -0.2) is 33.5 Å². The predicted octanol–water partition coefficient (Wildman–Crippen LogP) is 4.50. The van der Waals surface area contributed by atoms with Crippen molar-refractivity contribution in [2.45, 2.75) is 30.3 Å². The number of methoxy groups -OCH3 is 1. The second-order valence-electron chi connectivity index (χ2n) is 6.92. The summed E-state index contributed by atoms with van der Waals surface area (Å²) in [5, 5.41) is 10.1. The number of rotatable bonds is 6. The first kappa shape index (κ1) is 20.6. The first-order valence-electron chi connectivity index (χ1n) is 9.56. The number of fused-ring (bicyclic) bond motifs is 1. The Morgan fingerprint density at radius 2 is 2.17 bits per heavy atom. The van der Waals surface area contributed by atoms with E-state index in [-0.39, 0.29) is 24.2 Å². The van der Waals surface area contributed by atoms with Crippen molar-refractivity contribution in [2.75, 3.05) is 12.9 Å². The molecule has 1 atom stereocenters. The number of carbonyl (C=O) groups excluding carboxylic acids is 1. The van der Waals surface area contributed by atoms with Crippen molar-refractivity contribution in [1.82, 2.24) is 20.1 Å². The zero-order valence-electron chi connectivity index (χ0n) is 16.4. The minimum atomic E-state index is -0.288. The number of carbonyl (C=O) groups is 1. The highest BCUT2D eigenvalue weighted by atomic mass is 32.2. The maximum atomic E-state index is 13.7. The molecular formula is C21H21FN4O2S2. The van der Waals surface area contributed by atoms with Crippen LogP contribution in [0.15, 0.2) is 47.4 Å². The van der Waals surface area contributed by atoms with Crippen LogP contribution in [0.25, 0.3) is 11.4 Å². The summed E-state index contributed by atoms with van der Waals surface area (Å²) < 4.78 is 21.1. The van der Waals surface area contributed by atoms with Crippen molar-refractivity contribution in [1.29, 1.82) is 0 Å². The van der Waals surface area contributed by atoms with Crippen molar-refractivity contribution in [3.63, 3.8) is 0 Å². The Morgan fingerprint density at radius 3 is 2.93 bits per heavy atom. The molecule has 3 aromatic rings. The summed E-state index contributed by atoms with van der Waals surface area (Å²) in [7, 11) is 1.61. The van der Waals surface area contributed by atoms with Gasteiger partial charge in [-0.1, -0.05) is 0 Å². The van der Waals surface area contributed by atoms with Gasteiger partial charge in [0.2, 0.25) is 5.91 Å². The Kier molecular flexibility index (Phi) is 6.19. The van der Waals surface area contributed by atoms with Crippen LogP contribution in [0.5, 0.6) is 5.75 Å². The van der Waals surface area contributed by atoms with Gasteiger partial charge >= 0.3 is 0 Å². The van der Waals surface area contributed by atoms with Crippen LogP contribution in [0.4, 0.5) is 4.39 Å². The molecule has 30 heavy (non-hydrogen) atoms. The fraction of sp³-hybridized carbons (Fsp3) is 0.286. The van der Waals surface area contributed by atoms with Gasteiger partial charge in [0.1, 0.15) is 11.6 Å². The molecular weight excluding hydrogens is 423 g/mol. The number of aromatic nitrogens is 3. The van der Waals surface area contributed by atoms with Crippen LogP contribution in [-0.2, 0) is 11.3 Å². The van der Waals surface area contributed by atoms with E-state index in [2.05, 4.69) is 15.5 Å². The summed E-state index contributed by atoms with van der Waals surface area (Å²) in [6, 6.07) is 12.1. The third-order valence-electron chi connectivity index (χ3n) is 5.02. The third-order valence-corrected chi connectivity index (χ3v) is 6.45. The molecule has 156 valence electrons. The lowest BCUT2D eigenvalue weighted by atomic mass is 10.0. The van der Waals surface area contributed by atoms with Gasteiger partial charge in [0.05, 0.1) is 13.2 Å². The van der Waals surface area contributed by atoms with Gasteiger partial charge < -0.3 is 10.1 Å². The van der Waals surface area contributed by atoms with Crippen molar-refractivity contribution in [3.8, 4) is 17.1 Å². The van der Waals surface area contributed by atoms with Crippen molar-refractivity contribution in [3.05, 3.63) is 58.6 Å². The molecule has 1 aliphatic rings. The van der Waals surface area contributed by atoms with E-state index in [1.165, 1.54) is 12.1 Å². The average Bonchev–Trinajstić information content (AvgIpc) is 3.13. The average molecular weight is 445 g/mol. The highest BCUT2D eigenvalue weighted by molar-refractivity contribution is 7.99. The molecule has 0 radical (unpaired) electrons. The molecule has 2 heterocycles. The molecule has 0 spiro atoms. The van der Waals surface area contributed by atoms with Crippen LogP contribution < -0.4 is 10.1 Å². The van der Waals surface area contributed by atoms with Gasteiger partial charge in [0.15, 0.2) is 10.6 Å². The molecule has 1 aromatic heterocycles. The summed E-state index contributed by atoms with van der Waals surface area (Å²) in [6.45, 7) is 0.389. The summed E-state index contributed by atoms with van der Waals surface area (Å²) in [6.07, 6.45) is 1.01. The van der Waals surface area contributed by atoms with E-state index in [1.54, 1.807) is 29.5 Å². The quantitative estimate of drug-likeness (QED) is 0.548. The number of H-pyrrole nitrogens is 1. The second kappa shape index (κ2) is 9.01. The highest BCUT2D eigenvalue weighted by Crippen LogP contribution is 2.36. The second-order valence-corrected chi connectivity index (χ2v) is 8.45. The molecule has 2 N–H and O–H groups in total. The maximum Gasteiger partial charge on any atom is 0.222 e. The van der Waals surface area contributed by atoms with E-state index >= 15 is 0 Å². The summed E-state index contributed by atoms with van der Waals surface area (Å²) in [5.74, 6) is 1.91. The normalized spacial score (nSPS) is 15.5. The van der Waals surface area contributed by atoms with E-state index in [1.807, 2.05) is 24.3 Å². The minimum Gasteiger partial charge on any atom is -0.497 e. The molecule has 0 aliphatic carbocycles. The van der Waals surface area contributed by atoms with Crippen LogP contribution in [0, 0.1) is 10.6 Å². The molecule has 2 aromatic carbocycles. The minimum absolute atomic E-state index is 0.106. The van der Waals surface area contributed by atoms with E-state index in [4.69, 9.17) is 17.0 Å². The molecule has 0 fully saturated rings. The fourth-order valence-corrected chi connectivity index (χ4v) is 4.81. The summed E-state index contributed by atoms with van der Waals surface area (Å²) in [5.41, 5.74) is 1.72. The van der Waals surface area contributed by atoms with E-state index in [0.717, 1.165) is 33.9 Å². The summed E-state index contributed by atoms with van der Waals surface area (Å²) in [4.78, 5) is 13.7. The zero-order valence-corrected chi connectivity index (χ0v) is 18.0. The summed E-state index contributed by atoms with van der Waals surface area (Å²) >= 11 is 7.03. The molecule has 1 amide bonds. The Hall–Kier alpha value is -2.65. The number of nitrogens with one attached hydrogen (secondary N) is 2. The Bertz CT molecular complexity index is 1110. The van der Waals surface area contributed by atoms with Gasteiger partial charge in [-0.15, -0.1) is 11.8 Å². The molecule has 0 bridgehead atoms. The van der Waals surface area contributed by atoms with Crippen molar-refractivity contribution >= 4 is 29.9 Å². The molecule has 0 saturated heterocycles. The topological polar surface area (TPSA) is 71.9 Å². The van der Waals surface area contributed by atoms with Gasteiger partial charge in [-0.3, -0.25) is 14.5 Å². The molecule has 0 saturated carbocycles. The Labute approximate surface area is 182 Å². The zero-order chi connectivity index (χ0) is 21.1. The van der Waals surface area contributed by atoms with Gasteiger partial charge in [0, 0.05) is 29.2 Å². The van der Waals surface area contributed by atoms with Gasteiger partial charge in [0.25, 0.3) is 0 Å². The molecule has 6 nitrogen and oxygen atoms in total. The first-order valence-corrected chi connectivity index (χ1v) is 11.0. The number of hydrogen-bond acceptors (Lipinski definition) is 5. The van der Waals surface area contributed by atoms with E-state index < -0.39 is 0 Å². The number of amides is 1. The molecule has 4 rings (SSSR count). The lowest BCUT2D eigenvalue weighted by molar-refractivity contribution is -0.122. The Balaban J connectivity index is 1.45. The van der Waals surface area contributed by atoms with Crippen LogP contribution in [0.1, 0.15) is 24.4 Å². The first-order chi connectivity index (χ1) is 14.5. The van der Waals surface area contributed by atoms with Crippen LogP contribution in [0.3, 0.4) is 0 Å². The maximum absolute atomic E-state index is 13.7. The largest absolute Gasteiger partial charge is 0.497 e. The van der Waals surface area contributed by atoms with E-state index in [0.29, 0.717) is 17.1 Å². The molecule has 1 aliphatic heterocycles. The number of thioether (sulfide) groups is 1. The predicted molar refractivity (Wildman–Crippen MR) is 117 cm³/mol. The number of ether oxygens (including phenoxy) is 1. The third kappa shape index (κ3) is 4.41. The number of benzene rings is 2. The number of hydrogen-bond donors (Lipinski definition) is 2. The number of aromatic amines is 1. The fourth-order valence-electron chi connectivity index (χ4n) is 3.48. The van der Waals surface area contributed by atoms with Gasteiger partial charge in [-0.05, 0) is 66.7 Å². The Morgan fingerprint density at radius 1 is 1.37 bits per heavy atom. The monoisotopic (exact) mass is 444 g/mol. The van der Waals surface area contributed by atoms with Crippen LogP contribution in [0.2, 0.25) is 0 Å². The smallest absolute Gasteiger partial charge is 0.222 e. The highest BCUT2D eigenvalue weighted by Gasteiger charge is 2.23. The van der Waals surface area contributed by atoms with Gasteiger partial charge in [-0.25, -0.2) is 4.39 Å². The lowest BCUT2D eigenvalue weighted by Crippen LogP contribution is -2.31. The number of nitrogens with zero attached hydrogens (tertiary/aromatic N) is 2. The van der Waals surface area contributed by atoms with Crippen LogP contribution >= 0.6 is 24.0 Å². The van der Waals surface area contributed by atoms with Crippen molar-refractivity contribution in [2.24, 2.45) is 0 Å². The SMILES string of the molecule is COc1ccc(-c2n[nH]c(=S)n2CCC(=O)NC2CCSc3ccc(F)cc32)cc1. The van der Waals surface area contributed by atoms with Crippen molar-refractivity contribution < 1.29 is 13.9 Å². The van der Waals surface area contributed by atoms with E-state index in [9.17, 15) is 9.18 Å². The van der Waals surface area contributed by atoms with Gasteiger partial charge in [-0.2, -0.15) is 5.10 Å². The molecule has 1 unspecified atom stereocenters. The standard InChI is InChI=1S/C21H21FN4O2S2/c1-28-15-5-2-13(3-6-15)20-24-25-21(29)26(20)10-8-19(27)23-17-9-11-30-18-7-4-14(22)12-16(17)18/h2-7,12,17H,8-11H2,1H3,(H,23,27)(H,25,29).